The maximum atomic E-state index is 12.8. The first-order valence-corrected chi connectivity index (χ1v) is 16.5. The minimum Gasteiger partial charge on any atom is -0.862 e. The van der Waals surface area contributed by atoms with Crippen molar-refractivity contribution < 1.29 is 136 Å². The molecule has 3 rings (SSSR count). The van der Waals surface area contributed by atoms with Crippen molar-refractivity contribution in [3.63, 3.8) is 0 Å². The summed E-state index contributed by atoms with van der Waals surface area (Å²) in [5.74, 6) is -6.85. The van der Waals surface area contributed by atoms with Crippen LogP contribution in [-0.2, 0) is 52.6 Å². The molecule has 0 radical (unpaired) electrons. The number of carbonyl (C=O) groups is 2. The number of aliphatic imine (C=N–C) groups is 1. The molecule has 24 nitrogen and oxygen atoms in total. The summed E-state index contributed by atoms with van der Waals surface area (Å²) in [6.45, 7) is -1.19. The first-order valence-electron chi connectivity index (χ1n) is 15.2. The predicted octanol–water partition coefficient (Wildman–Crippen LogP) is -11.0. The monoisotopic (exact) mass is 790 g/mol. The van der Waals surface area contributed by atoms with E-state index in [9.17, 15) is 69.1 Å². The van der Waals surface area contributed by atoms with Crippen LogP contribution in [0, 0.1) is 0 Å². The molecule has 0 spiro atoms. The Morgan fingerprint density at radius 3 is 2.13 bits per heavy atom. The summed E-state index contributed by atoms with van der Waals surface area (Å²) in [7, 11) is -4.06. The van der Waals surface area contributed by atoms with Crippen LogP contribution in [0.3, 0.4) is 0 Å². The zero-order chi connectivity index (χ0) is 38.6. The Bertz CT molecular complexity index is 1330. The second kappa shape index (κ2) is 19.5. The van der Waals surface area contributed by atoms with Gasteiger partial charge in [-0.2, -0.15) is 8.42 Å². The van der Waals surface area contributed by atoms with Gasteiger partial charge in [0.25, 0.3) is 5.79 Å². The smallest absolute Gasteiger partial charge is 0.862 e. The second-order valence-electron chi connectivity index (χ2n) is 11.9. The molecule has 3 aliphatic rings. The Hall–Kier alpha value is -1.28. The number of aliphatic hydroxyl groups excluding tert-OH is 8. The molecule has 3 saturated heterocycles. The molecule has 3 fully saturated rings. The zero-order valence-electron chi connectivity index (χ0n) is 28.2. The van der Waals surface area contributed by atoms with Gasteiger partial charge >= 0.3 is 45.9 Å². The molecule has 296 valence electrons. The average Bonchev–Trinajstić information content (AvgIpc) is 3.04. The molecule has 52 heavy (non-hydrogen) atoms. The molecular weight excluding hydrogens is 747 g/mol. The van der Waals surface area contributed by atoms with Crippen molar-refractivity contribution in [2.75, 3.05) is 26.9 Å². The second-order valence-corrected chi connectivity index (χ2v) is 13.0. The molecule has 0 aromatic carbocycles. The number of methoxy groups -OCH3 is 1. The Morgan fingerprint density at radius 2 is 1.63 bits per heavy atom. The van der Waals surface area contributed by atoms with E-state index in [0.29, 0.717) is 0 Å². The van der Waals surface area contributed by atoms with E-state index in [0.717, 1.165) is 21.0 Å². The number of hydrogen-bond donors (Lipinski definition) is 11. The summed E-state index contributed by atoms with van der Waals surface area (Å²) in [6, 6.07) is -3.11. The number of carbonyl (C=O) groups excluding carboxylic acids is 1. The Kier molecular flexibility index (Phi) is 17.6. The third kappa shape index (κ3) is 11.2. The van der Waals surface area contributed by atoms with Crippen molar-refractivity contribution in [3.05, 3.63) is 0 Å². The van der Waals surface area contributed by atoms with Crippen molar-refractivity contribution in [1.29, 1.82) is 0 Å². The van der Waals surface area contributed by atoms with Crippen LogP contribution >= 0.6 is 0 Å². The number of rotatable bonds is 15. The van der Waals surface area contributed by atoms with Gasteiger partial charge in [0.2, 0.25) is 5.91 Å². The third-order valence-electron chi connectivity index (χ3n) is 8.21. The van der Waals surface area contributed by atoms with Crippen LogP contribution in [0.25, 0.3) is 0 Å². The molecule has 0 unspecified atom stereocenters. The molecule has 0 aromatic rings. The van der Waals surface area contributed by atoms with Gasteiger partial charge in [0, 0.05) is 20.5 Å². The number of hydrogen-bond acceptors (Lipinski definition) is 21. The number of ether oxygens (including phenoxy) is 6. The largest absolute Gasteiger partial charge is 1.00 e. The maximum Gasteiger partial charge on any atom is 1.00 e. The molecule has 11 N–H and O–H groups in total. The number of nitrogens with one attached hydrogen (secondary N) is 1. The average molecular weight is 791 g/mol. The van der Waals surface area contributed by atoms with E-state index in [1.54, 1.807) is 0 Å². The fourth-order valence-electron chi connectivity index (χ4n) is 5.83. The molecule has 0 aliphatic carbocycles. The summed E-state index contributed by atoms with van der Waals surface area (Å²) in [6.07, 6.45) is -27.0. The van der Waals surface area contributed by atoms with E-state index in [1.807, 2.05) is 0 Å². The van der Waals surface area contributed by atoms with Crippen LogP contribution in [0.5, 0.6) is 0 Å². The third-order valence-corrected chi connectivity index (χ3v) is 8.64. The van der Waals surface area contributed by atoms with Gasteiger partial charge in [-0.25, -0.2) is 8.98 Å². The minimum absolute atomic E-state index is 0. The van der Waals surface area contributed by atoms with Gasteiger partial charge in [-0.3, -0.25) is 14.3 Å². The molecule has 3 heterocycles. The maximum absolute atomic E-state index is 12.8. The SMILES string of the molecule is CO[C@@H]1O[C@H](CO)[C@@H](O[C@@H]2O[C@H](COS(=O)(=O)O)[C@H](O)[C@H](O[C@]3(C(=O)O)C[C@H](O)[C@@H](N=C(C)[O-])[C@H]([C@H](O)[C@H](O)CO)O3)[C@H]2O)[C@H](O)[C@H]1NC(C)=O.[Na+]. The molecule has 1 amide bonds. The summed E-state index contributed by atoms with van der Waals surface area (Å²) in [5.41, 5.74) is 0. The molecule has 0 saturated carbocycles. The van der Waals surface area contributed by atoms with Crippen molar-refractivity contribution in [3.8, 4) is 0 Å². The van der Waals surface area contributed by atoms with Gasteiger partial charge in [0.1, 0.15) is 73.1 Å². The zero-order valence-corrected chi connectivity index (χ0v) is 31.0. The number of carboxylic acids is 1. The van der Waals surface area contributed by atoms with Gasteiger partial charge in [-0.05, 0) is 12.8 Å². The van der Waals surface area contributed by atoms with Crippen LogP contribution in [-0.4, -0.2) is 201 Å². The van der Waals surface area contributed by atoms with E-state index < -0.39 is 152 Å². The normalized spacial score (nSPS) is 39.9. The van der Waals surface area contributed by atoms with Crippen LogP contribution in [0.1, 0.15) is 20.3 Å². The summed E-state index contributed by atoms with van der Waals surface area (Å²) >= 11 is 0. The molecule has 0 aromatic heterocycles. The summed E-state index contributed by atoms with van der Waals surface area (Å²) in [5, 5.41) is 109. The van der Waals surface area contributed by atoms with E-state index in [4.69, 9.17) is 33.0 Å². The van der Waals surface area contributed by atoms with Crippen LogP contribution in [0.2, 0.25) is 0 Å². The van der Waals surface area contributed by atoms with Crippen LogP contribution in [0.15, 0.2) is 4.99 Å². The summed E-state index contributed by atoms with van der Waals surface area (Å²) in [4.78, 5) is 28.2. The number of carboxylic acid groups (broad SMARTS) is 1. The van der Waals surface area contributed by atoms with E-state index in [-0.39, 0.29) is 29.6 Å². The summed E-state index contributed by atoms with van der Waals surface area (Å²) < 4.78 is 69.1. The van der Waals surface area contributed by atoms with E-state index in [1.165, 1.54) is 0 Å². The van der Waals surface area contributed by atoms with E-state index in [2.05, 4.69) is 14.5 Å². The quantitative estimate of drug-likeness (QED) is 0.0317. The van der Waals surface area contributed by atoms with Crippen molar-refractivity contribution in [1.82, 2.24) is 5.32 Å². The standard InChI is InChI=1S/C26H44N2O22S.Na/c1-8(31)27-14-10(33)4-26(25(39)40,49-21(14)16(35)11(34)5-29)50-22-17(36)13(7-45-51(41,42)43)47-24(19(22)38)48-20-12(6-30)46-23(44-3)15(18(20)37)28-9(2)32;/h10-24,29-30,33-38H,4-7H2,1-3H3,(H,27,31)(H,28,32)(H,39,40)(H,41,42,43);/q;+1/p-1/t10-,11+,12+,13+,14+,15+,16+,17-,18+,19+,20+,21+,22-,23+,24-,26-;/m0./s1. The van der Waals surface area contributed by atoms with E-state index >= 15 is 0 Å². The van der Waals surface area contributed by atoms with Crippen molar-refractivity contribution >= 4 is 28.2 Å². The van der Waals surface area contributed by atoms with Gasteiger partial charge in [-0.15, -0.1) is 0 Å². The number of aliphatic hydroxyl groups is 8. The topological polar surface area (TPSA) is 383 Å². The predicted molar refractivity (Wildman–Crippen MR) is 156 cm³/mol. The van der Waals surface area contributed by atoms with Gasteiger partial charge < -0.3 is 84.8 Å². The van der Waals surface area contributed by atoms with Crippen LogP contribution in [0.4, 0.5) is 0 Å². The first kappa shape index (κ1) is 46.9. The molecule has 3 aliphatic heterocycles. The fourth-order valence-corrected chi connectivity index (χ4v) is 6.14. The Balaban J connectivity index is 0.00000936. The van der Waals surface area contributed by atoms with Gasteiger partial charge in [-0.1, -0.05) is 0 Å². The Morgan fingerprint density at radius 1 is 1.02 bits per heavy atom. The van der Waals surface area contributed by atoms with Crippen molar-refractivity contribution in [2.24, 2.45) is 4.99 Å². The number of nitrogens with zero attached hydrogens (tertiary/aromatic N) is 1. The van der Waals surface area contributed by atoms with Crippen LogP contribution < -0.4 is 40.0 Å². The van der Waals surface area contributed by atoms with Gasteiger partial charge in [0.15, 0.2) is 12.6 Å². The molecule has 16 atom stereocenters. The molecule has 0 bridgehead atoms. The first-order chi connectivity index (χ1) is 23.7. The molecular formula is C26H43N2NaO22S. The minimum atomic E-state index is -5.22. The van der Waals surface area contributed by atoms with Crippen molar-refractivity contribution in [2.45, 2.75) is 118 Å². The number of aliphatic carboxylic acids is 1. The fraction of sp³-hybridized carbons (Fsp3) is 0.885. The van der Waals surface area contributed by atoms with Gasteiger partial charge in [0.05, 0.1) is 25.9 Å². The Labute approximate surface area is 318 Å². The molecule has 26 heteroatoms. The number of amides is 1.